The molecule has 5 heteroatoms. The van der Waals surface area contributed by atoms with E-state index in [1.54, 1.807) is 0 Å². The van der Waals surface area contributed by atoms with Gasteiger partial charge in [-0.1, -0.05) is 30.3 Å². The zero-order chi connectivity index (χ0) is 16.1. The lowest BCUT2D eigenvalue weighted by molar-refractivity contribution is 0.0601. The summed E-state index contributed by atoms with van der Waals surface area (Å²) in [6.07, 6.45) is 0. The van der Waals surface area contributed by atoms with Gasteiger partial charge in [-0.25, -0.2) is 4.79 Å². The largest absolute Gasteiger partial charge is 0.465 e. The first-order chi connectivity index (χ1) is 10.5. The van der Waals surface area contributed by atoms with E-state index < -0.39 is 5.97 Å². The number of hydrogen-bond donors (Lipinski definition) is 2. The van der Waals surface area contributed by atoms with Crippen molar-refractivity contribution in [3.05, 3.63) is 65.2 Å². The van der Waals surface area contributed by atoms with Gasteiger partial charge in [0.15, 0.2) is 0 Å². The van der Waals surface area contributed by atoms with E-state index >= 15 is 0 Å². The molecule has 2 rings (SSSR count). The predicted molar refractivity (Wildman–Crippen MR) is 84.5 cm³/mol. The number of anilines is 1. The molecule has 0 heterocycles. The topological polar surface area (TPSA) is 81.4 Å². The Hall–Kier alpha value is -2.82. The average molecular weight is 298 g/mol. The first-order valence-corrected chi connectivity index (χ1v) is 6.86. The van der Waals surface area contributed by atoms with Crippen LogP contribution >= 0.6 is 0 Å². The maximum atomic E-state index is 12.3. The number of nitrogens with two attached hydrogens (primary N) is 1. The van der Waals surface area contributed by atoms with Crippen molar-refractivity contribution in [2.45, 2.75) is 13.0 Å². The third kappa shape index (κ3) is 3.63. The van der Waals surface area contributed by atoms with Gasteiger partial charge in [-0.15, -0.1) is 0 Å². The zero-order valence-corrected chi connectivity index (χ0v) is 12.5. The van der Waals surface area contributed by atoms with Crippen LogP contribution < -0.4 is 11.1 Å². The van der Waals surface area contributed by atoms with Crippen LogP contribution in [0.4, 0.5) is 5.69 Å². The molecular formula is C17H18N2O3. The summed E-state index contributed by atoms with van der Waals surface area (Å²) in [4.78, 5) is 23.9. The van der Waals surface area contributed by atoms with E-state index in [4.69, 9.17) is 5.73 Å². The smallest absolute Gasteiger partial charge is 0.337 e. The van der Waals surface area contributed by atoms with E-state index in [9.17, 15) is 9.59 Å². The summed E-state index contributed by atoms with van der Waals surface area (Å²) in [7, 11) is 1.28. The number of nitrogens with one attached hydrogen (secondary N) is 1. The van der Waals surface area contributed by atoms with Gasteiger partial charge in [-0.3, -0.25) is 4.79 Å². The van der Waals surface area contributed by atoms with Crippen molar-refractivity contribution in [1.82, 2.24) is 5.32 Å². The van der Waals surface area contributed by atoms with Gasteiger partial charge in [0.25, 0.3) is 5.91 Å². The Morgan fingerprint density at radius 2 is 1.73 bits per heavy atom. The third-order valence-electron chi connectivity index (χ3n) is 3.29. The van der Waals surface area contributed by atoms with Crippen LogP contribution in [0.5, 0.6) is 0 Å². The maximum Gasteiger partial charge on any atom is 0.337 e. The van der Waals surface area contributed by atoms with Crippen molar-refractivity contribution in [2.75, 3.05) is 12.8 Å². The Balaban J connectivity index is 2.19. The van der Waals surface area contributed by atoms with Crippen LogP contribution in [0.1, 0.15) is 39.2 Å². The summed E-state index contributed by atoms with van der Waals surface area (Å²) in [5.41, 5.74) is 7.64. The molecule has 0 saturated carbocycles. The summed E-state index contributed by atoms with van der Waals surface area (Å²) < 4.78 is 4.65. The number of hydrogen-bond acceptors (Lipinski definition) is 4. The van der Waals surface area contributed by atoms with Crippen LogP contribution in [-0.2, 0) is 4.74 Å². The summed E-state index contributed by atoms with van der Waals surface area (Å²) >= 11 is 0. The highest BCUT2D eigenvalue weighted by Gasteiger charge is 2.15. The van der Waals surface area contributed by atoms with E-state index in [0.717, 1.165) is 5.56 Å². The highest BCUT2D eigenvalue weighted by molar-refractivity contribution is 5.99. The SMILES string of the molecule is COC(=O)c1cc(N)cc(C(=O)N[C@H](C)c2ccccc2)c1. The van der Waals surface area contributed by atoms with Crippen molar-refractivity contribution >= 4 is 17.6 Å². The van der Waals surface area contributed by atoms with Crippen molar-refractivity contribution in [3.63, 3.8) is 0 Å². The van der Waals surface area contributed by atoms with Crippen molar-refractivity contribution in [3.8, 4) is 0 Å². The first kappa shape index (κ1) is 15.6. The molecule has 3 N–H and O–H groups in total. The number of esters is 1. The van der Waals surface area contributed by atoms with Crippen LogP contribution in [0.15, 0.2) is 48.5 Å². The Bertz CT molecular complexity index is 684. The van der Waals surface area contributed by atoms with Crippen LogP contribution in [-0.4, -0.2) is 19.0 Å². The van der Waals surface area contributed by atoms with Crippen molar-refractivity contribution in [2.24, 2.45) is 0 Å². The summed E-state index contributed by atoms with van der Waals surface area (Å²) in [6, 6.07) is 13.9. The van der Waals surface area contributed by atoms with Gasteiger partial charge in [0.1, 0.15) is 0 Å². The number of ether oxygens (including phenoxy) is 1. The number of rotatable bonds is 4. The quantitative estimate of drug-likeness (QED) is 0.671. The van der Waals surface area contributed by atoms with E-state index in [2.05, 4.69) is 10.1 Å². The molecule has 5 nitrogen and oxygen atoms in total. The third-order valence-corrected chi connectivity index (χ3v) is 3.29. The second-order valence-electron chi connectivity index (χ2n) is 4.94. The fourth-order valence-corrected chi connectivity index (χ4v) is 2.12. The molecule has 1 amide bonds. The molecule has 0 aliphatic rings. The molecule has 0 aliphatic carbocycles. The second kappa shape index (κ2) is 6.76. The van der Waals surface area contributed by atoms with Crippen LogP contribution in [0, 0.1) is 0 Å². The van der Waals surface area contributed by atoms with Gasteiger partial charge in [0.2, 0.25) is 0 Å². The van der Waals surface area contributed by atoms with E-state index in [1.807, 2.05) is 37.3 Å². The molecule has 0 spiro atoms. The Labute approximate surface area is 129 Å². The molecule has 22 heavy (non-hydrogen) atoms. The molecule has 0 saturated heterocycles. The minimum absolute atomic E-state index is 0.156. The molecule has 2 aromatic rings. The lowest BCUT2D eigenvalue weighted by atomic mass is 10.1. The lowest BCUT2D eigenvalue weighted by Crippen LogP contribution is -2.27. The molecule has 0 unspecified atom stereocenters. The van der Waals surface area contributed by atoms with Crippen LogP contribution in [0.25, 0.3) is 0 Å². The number of carbonyl (C=O) groups excluding carboxylic acids is 2. The zero-order valence-electron chi connectivity index (χ0n) is 12.5. The summed E-state index contributed by atoms with van der Waals surface area (Å²) in [5.74, 6) is -0.828. The molecule has 0 radical (unpaired) electrons. The van der Waals surface area contributed by atoms with E-state index in [-0.39, 0.29) is 17.5 Å². The Kier molecular flexibility index (Phi) is 4.78. The highest BCUT2D eigenvalue weighted by Crippen LogP contribution is 2.16. The predicted octanol–water partition coefficient (Wildman–Crippen LogP) is 2.55. The lowest BCUT2D eigenvalue weighted by Gasteiger charge is -2.15. The Morgan fingerprint density at radius 3 is 2.36 bits per heavy atom. The fourth-order valence-electron chi connectivity index (χ4n) is 2.12. The monoisotopic (exact) mass is 298 g/mol. The number of carbonyl (C=O) groups is 2. The van der Waals surface area contributed by atoms with E-state index in [1.165, 1.54) is 25.3 Å². The van der Waals surface area contributed by atoms with Crippen molar-refractivity contribution in [1.29, 1.82) is 0 Å². The van der Waals surface area contributed by atoms with Gasteiger partial charge in [0.05, 0.1) is 18.7 Å². The van der Waals surface area contributed by atoms with Gasteiger partial charge in [-0.2, -0.15) is 0 Å². The molecular weight excluding hydrogens is 280 g/mol. The molecule has 0 aliphatic heterocycles. The van der Waals surface area contributed by atoms with Crippen LogP contribution in [0.2, 0.25) is 0 Å². The molecule has 1 atom stereocenters. The summed E-state index contributed by atoms with van der Waals surface area (Å²) in [5, 5.41) is 2.88. The number of amides is 1. The minimum atomic E-state index is -0.530. The number of benzene rings is 2. The van der Waals surface area contributed by atoms with Gasteiger partial charge >= 0.3 is 5.97 Å². The normalized spacial score (nSPS) is 11.5. The number of methoxy groups -OCH3 is 1. The minimum Gasteiger partial charge on any atom is -0.465 e. The second-order valence-corrected chi connectivity index (χ2v) is 4.94. The summed E-state index contributed by atoms with van der Waals surface area (Å²) in [6.45, 7) is 1.89. The Morgan fingerprint density at radius 1 is 1.09 bits per heavy atom. The number of nitrogen functional groups attached to an aromatic ring is 1. The molecule has 0 fully saturated rings. The maximum absolute atomic E-state index is 12.3. The average Bonchev–Trinajstić information content (AvgIpc) is 2.54. The fraction of sp³-hybridized carbons (Fsp3) is 0.176. The van der Waals surface area contributed by atoms with E-state index in [0.29, 0.717) is 11.3 Å². The van der Waals surface area contributed by atoms with Gasteiger partial charge < -0.3 is 15.8 Å². The highest BCUT2D eigenvalue weighted by atomic mass is 16.5. The molecule has 0 bridgehead atoms. The first-order valence-electron chi connectivity index (χ1n) is 6.86. The molecule has 0 aromatic heterocycles. The standard InChI is InChI=1S/C17H18N2O3/c1-11(12-6-4-3-5-7-12)19-16(20)13-8-14(17(21)22-2)10-15(18)9-13/h3-11H,18H2,1-2H3,(H,19,20)/t11-/m1/s1. The molecule has 114 valence electrons. The molecule has 2 aromatic carbocycles. The van der Waals surface area contributed by atoms with Gasteiger partial charge in [0, 0.05) is 11.3 Å². The van der Waals surface area contributed by atoms with Crippen LogP contribution in [0.3, 0.4) is 0 Å². The van der Waals surface area contributed by atoms with Crippen molar-refractivity contribution < 1.29 is 14.3 Å². The van der Waals surface area contributed by atoms with Gasteiger partial charge in [-0.05, 0) is 30.7 Å².